The van der Waals surface area contributed by atoms with Crippen LogP contribution in [0.3, 0.4) is 0 Å². The Kier molecular flexibility index (Phi) is 7.92. The molecule has 2 N–H and O–H groups in total. The second-order valence-corrected chi connectivity index (χ2v) is 8.54. The van der Waals surface area contributed by atoms with Crippen LogP contribution in [0.4, 0.5) is 20.2 Å². The molecule has 1 aliphatic heterocycles. The zero-order valence-electron chi connectivity index (χ0n) is 19.8. The number of ether oxygens (including phenoxy) is 1. The molecular formula is C27H27F2N3O4. The summed E-state index contributed by atoms with van der Waals surface area (Å²) in [5.41, 5.74) is 2.74. The molecule has 0 unspecified atom stereocenters. The summed E-state index contributed by atoms with van der Waals surface area (Å²) in [6, 6.07) is 17.4. The molecular weight excluding hydrogens is 468 g/mol. The van der Waals surface area contributed by atoms with Crippen LogP contribution in [-0.4, -0.2) is 61.8 Å². The number of hydrogen-bond acceptors (Lipinski definition) is 5. The third-order valence-corrected chi connectivity index (χ3v) is 6.20. The van der Waals surface area contributed by atoms with E-state index in [4.69, 9.17) is 4.74 Å². The first-order chi connectivity index (χ1) is 17.4. The van der Waals surface area contributed by atoms with Crippen molar-refractivity contribution in [1.29, 1.82) is 0 Å². The Morgan fingerprint density at radius 1 is 0.917 bits per heavy atom. The van der Waals surface area contributed by atoms with Crippen molar-refractivity contribution < 1.29 is 28.2 Å². The van der Waals surface area contributed by atoms with Crippen LogP contribution in [-0.2, 0) is 9.53 Å². The minimum absolute atomic E-state index is 0.00474. The van der Waals surface area contributed by atoms with Gasteiger partial charge in [0, 0.05) is 39.0 Å². The fourth-order valence-electron chi connectivity index (χ4n) is 4.47. The Morgan fingerprint density at radius 2 is 1.47 bits per heavy atom. The first-order valence-electron chi connectivity index (χ1n) is 11.5. The van der Waals surface area contributed by atoms with Crippen molar-refractivity contribution in [3.05, 3.63) is 95.1 Å². The fourth-order valence-corrected chi connectivity index (χ4v) is 4.47. The third kappa shape index (κ3) is 5.87. The maximum absolute atomic E-state index is 13.6. The maximum Gasteiger partial charge on any atom is 0.337 e. The Bertz CT molecular complexity index is 1170. The molecule has 1 aliphatic rings. The summed E-state index contributed by atoms with van der Waals surface area (Å²) in [6.45, 7) is 2.36. The first kappa shape index (κ1) is 25.3. The van der Waals surface area contributed by atoms with Gasteiger partial charge in [0.15, 0.2) is 0 Å². The largest absolute Gasteiger partial charge is 0.478 e. The number of nitrogens with zero attached hydrogens (tertiary/aromatic N) is 2. The Hall–Kier alpha value is -3.82. The van der Waals surface area contributed by atoms with Gasteiger partial charge in [0.05, 0.1) is 17.3 Å². The highest BCUT2D eigenvalue weighted by Crippen LogP contribution is 2.31. The summed E-state index contributed by atoms with van der Waals surface area (Å²) >= 11 is 0. The Morgan fingerprint density at radius 3 is 1.97 bits per heavy atom. The molecule has 0 aliphatic carbocycles. The predicted molar refractivity (Wildman–Crippen MR) is 132 cm³/mol. The van der Waals surface area contributed by atoms with Gasteiger partial charge >= 0.3 is 5.97 Å². The SMILES string of the molecule is COCC(=O)Nc1ccc(N2CCN(C(c3ccc(F)cc3)c3ccc(F)cc3)CC2)cc1C(=O)O. The fraction of sp³-hybridized carbons (Fsp3) is 0.259. The van der Waals surface area contributed by atoms with Crippen molar-refractivity contribution in [3.8, 4) is 0 Å². The van der Waals surface area contributed by atoms with Gasteiger partial charge in [-0.2, -0.15) is 0 Å². The molecule has 0 bridgehead atoms. The van der Waals surface area contributed by atoms with E-state index in [2.05, 4.69) is 15.1 Å². The molecule has 1 amide bonds. The second-order valence-electron chi connectivity index (χ2n) is 8.54. The molecule has 0 radical (unpaired) electrons. The summed E-state index contributed by atoms with van der Waals surface area (Å²) in [6.07, 6.45) is 0. The van der Waals surface area contributed by atoms with Crippen LogP contribution in [0.2, 0.25) is 0 Å². The second kappa shape index (κ2) is 11.3. The summed E-state index contributed by atoms with van der Waals surface area (Å²) < 4.78 is 31.9. The minimum atomic E-state index is -1.14. The van der Waals surface area contributed by atoms with Crippen molar-refractivity contribution in [3.63, 3.8) is 0 Å². The average molecular weight is 496 g/mol. The molecule has 1 saturated heterocycles. The summed E-state index contributed by atoms with van der Waals surface area (Å²) in [7, 11) is 1.39. The van der Waals surface area contributed by atoms with Crippen LogP contribution in [0.15, 0.2) is 66.7 Å². The molecule has 1 heterocycles. The molecule has 7 nitrogen and oxygen atoms in total. The van der Waals surface area contributed by atoms with Crippen LogP contribution in [0.25, 0.3) is 0 Å². The topological polar surface area (TPSA) is 82.1 Å². The summed E-state index contributed by atoms with van der Waals surface area (Å²) in [5, 5.41) is 12.2. The average Bonchev–Trinajstić information content (AvgIpc) is 2.87. The number of hydrogen-bond donors (Lipinski definition) is 2. The van der Waals surface area contributed by atoms with Gasteiger partial charge in [-0.05, 0) is 53.6 Å². The number of carboxylic acid groups (broad SMARTS) is 1. The normalized spacial score (nSPS) is 14.2. The zero-order valence-corrected chi connectivity index (χ0v) is 19.8. The highest BCUT2D eigenvalue weighted by atomic mass is 19.1. The molecule has 36 heavy (non-hydrogen) atoms. The van der Waals surface area contributed by atoms with Gasteiger partial charge in [-0.25, -0.2) is 13.6 Å². The van der Waals surface area contributed by atoms with Gasteiger partial charge in [-0.3, -0.25) is 9.69 Å². The Labute approximate surface area is 207 Å². The van der Waals surface area contributed by atoms with Gasteiger partial charge in [-0.1, -0.05) is 24.3 Å². The number of piperazine rings is 1. The van der Waals surface area contributed by atoms with Crippen LogP contribution >= 0.6 is 0 Å². The number of anilines is 2. The lowest BCUT2D eigenvalue weighted by molar-refractivity contribution is -0.119. The molecule has 0 spiro atoms. The van der Waals surface area contributed by atoms with Crippen molar-refractivity contribution in [2.24, 2.45) is 0 Å². The first-order valence-corrected chi connectivity index (χ1v) is 11.5. The standard InChI is InChI=1S/C27H27F2N3O4/c1-36-17-25(33)30-24-11-10-22(16-23(24)27(34)35)31-12-14-32(15-13-31)26(18-2-6-20(28)7-3-18)19-4-8-21(29)9-5-19/h2-11,16,26H,12-15,17H2,1H3,(H,30,33)(H,34,35). The van der Waals surface area contributed by atoms with E-state index in [0.29, 0.717) is 26.2 Å². The van der Waals surface area contributed by atoms with E-state index in [1.54, 1.807) is 42.5 Å². The summed E-state index contributed by atoms with van der Waals surface area (Å²) in [5.74, 6) is -2.22. The molecule has 0 aromatic heterocycles. The van der Waals surface area contributed by atoms with Crippen LogP contribution in [0.1, 0.15) is 27.5 Å². The molecule has 0 saturated carbocycles. The van der Waals surface area contributed by atoms with E-state index in [-0.39, 0.29) is 35.5 Å². The van der Waals surface area contributed by atoms with E-state index < -0.39 is 11.9 Å². The molecule has 3 aromatic carbocycles. The number of amides is 1. The molecule has 0 atom stereocenters. The summed E-state index contributed by atoms with van der Waals surface area (Å²) in [4.78, 5) is 28.0. The van der Waals surface area contributed by atoms with E-state index in [0.717, 1.165) is 16.8 Å². The lowest BCUT2D eigenvalue weighted by atomic mass is 9.96. The van der Waals surface area contributed by atoms with Crippen molar-refractivity contribution in [1.82, 2.24) is 4.90 Å². The highest BCUT2D eigenvalue weighted by Gasteiger charge is 2.27. The van der Waals surface area contributed by atoms with Gasteiger partial charge in [0.2, 0.25) is 5.91 Å². The number of rotatable bonds is 8. The Balaban J connectivity index is 1.53. The van der Waals surface area contributed by atoms with Crippen molar-refractivity contribution in [2.75, 3.05) is 50.1 Å². The monoisotopic (exact) mass is 495 g/mol. The number of halogens is 2. The number of carbonyl (C=O) groups is 2. The van der Waals surface area contributed by atoms with E-state index in [9.17, 15) is 23.5 Å². The third-order valence-electron chi connectivity index (χ3n) is 6.20. The minimum Gasteiger partial charge on any atom is -0.478 e. The van der Waals surface area contributed by atoms with Crippen molar-refractivity contribution >= 4 is 23.3 Å². The van der Waals surface area contributed by atoms with Crippen LogP contribution in [0, 0.1) is 11.6 Å². The lowest BCUT2D eigenvalue weighted by Gasteiger charge is -2.40. The van der Waals surface area contributed by atoms with Crippen molar-refractivity contribution in [2.45, 2.75) is 6.04 Å². The molecule has 1 fully saturated rings. The quantitative estimate of drug-likeness (QED) is 0.489. The number of carbonyl (C=O) groups excluding carboxylic acids is 1. The van der Waals surface area contributed by atoms with E-state index in [1.807, 2.05) is 0 Å². The maximum atomic E-state index is 13.6. The number of methoxy groups -OCH3 is 1. The van der Waals surface area contributed by atoms with Crippen LogP contribution in [0.5, 0.6) is 0 Å². The zero-order chi connectivity index (χ0) is 25.7. The predicted octanol–water partition coefficient (Wildman–Crippen LogP) is 4.16. The smallest absolute Gasteiger partial charge is 0.337 e. The molecule has 188 valence electrons. The number of aromatic carboxylic acids is 1. The van der Waals surface area contributed by atoms with Gasteiger partial charge in [0.1, 0.15) is 18.2 Å². The van der Waals surface area contributed by atoms with Crippen LogP contribution < -0.4 is 10.2 Å². The van der Waals surface area contributed by atoms with E-state index >= 15 is 0 Å². The van der Waals surface area contributed by atoms with E-state index in [1.165, 1.54) is 31.4 Å². The highest BCUT2D eigenvalue weighted by molar-refractivity contribution is 6.01. The van der Waals surface area contributed by atoms with Gasteiger partial charge in [-0.15, -0.1) is 0 Å². The lowest BCUT2D eigenvalue weighted by Crippen LogP contribution is -2.48. The molecule has 9 heteroatoms. The number of nitrogens with one attached hydrogen (secondary N) is 1. The van der Waals surface area contributed by atoms with Gasteiger partial charge in [0.25, 0.3) is 0 Å². The molecule has 3 aromatic rings. The number of benzene rings is 3. The molecule has 4 rings (SSSR count). The number of carboxylic acids is 1. The van der Waals surface area contributed by atoms with Gasteiger partial charge < -0.3 is 20.1 Å².